The molecule has 0 aromatic carbocycles. The van der Waals surface area contributed by atoms with E-state index in [1.165, 1.54) is 13.5 Å². The van der Waals surface area contributed by atoms with E-state index in [1.807, 2.05) is 6.92 Å². The third-order valence-corrected chi connectivity index (χ3v) is 2.58. The Morgan fingerprint density at radius 1 is 1.15 bits per heavy atom. The Hall–Kier alpha value is -1.40. The summed E-state index contributed by atoms with van der Waals surface area (Å²) < 4.78 is 18.7. The lowest BCUT2D eigenvalue weighted by molar-refractivity contribution is 0.305. The highest BCUT2D eigenvalue weighted by Crippen LogP contribution is 2.29. The Bertz CT molecular complexity index is 442. The van der Waals surface area contributed by atoms with E-state index < -0.39 is 5.83 Å². The normalized spacial score (nSPS) is 11.1. The van der Waals surface area contributed by atoms with E-state index in [-0.39, 0.29) is 16.6 Å². The van der Waals surface area contributed by atoms with Crippen LogP contribution in [0.2, 0.25) is 0 Å². The van der Waals surface area contributed by atoms with E-state index in [0.717, 1.165) is 5.57 Å². The molecule has 1 unspecified atom stereocenters. The molecule has 0 spiro atoms. The van der Waals surface area contributed by atoms with Crippen LogP contribution in [0.15, 0.2) is 72.1 Å². The predicted octanol–water partition coefficient (Wildman–Crippen LogP) is 5.86. The monoisotopic (exact) mass is 296 g/mol. The van der Waals surface area contributed by atoms with Crippen LogP contribution in [0.1, 0.15) is 27.2 Å². The minimum absolute atomic E-state index is 0.200. The van der Waals surface area contributed by atoms with Crippen molar-refractivity contribution in [2.45, 2.75) is 27.2 Å². The van der Waals surface area contributed by atoms with Crippen molar-refractivity contribution in [3.8, 4) is 0 Å². The first-order valence-corrected chi connectivity index (χ1v) is 6.91. The van der Waals surface area contributed by atoms with Crippen molar-refractivity contribution in [1.82, 2.24) is 0 Å². The van der Waals surface area contributed by atoms with Crippen LogP contribution in [0.25, 0.3) is 0 Å². The summed E-state index contributed by atoms with van der Waals surface area (Å²) in [7, 11) is 3.67. The topological polar surface area (TPSA) is 9.23 Å². The van der Waals surface area contributed by atoms with Gasteiger partial charge in [0, 0.05) is 10.9 Å². The SMILES string of the molecule is C=C(C)/C=C\C(=C)C(=C)/C(F)=C(/P)C(=C)OC.CCC. The molecule has 20 heavy (non-hydrogen) atoms. The van der Waals surface area contributed by atoms with Gasteiger partial charge in [-0.1, -0.05) is 73.5 Å². The molecule has 0 heterocycles. The molecule has 112 valence electrons. The molecule has 1 atom stereocenters. The van der Waals surface area contributed by atoms with Gasteiger partial charge in [-0.15, -0.1) is 0 Å². The van der Waals surface area contributed by atoms with Crippen LogP contribution in [-0.4, -0.2) is 7.11 Å². The third kappa shape index (κ3) is 8.66. The molecule has 0 amide bonds. The minimum atomic E-state index is -0.502. The lowest BCUT2D eigenvalue weighted by Gasteiger charge is -2.09. The molecule has 0 radical (unpaired) electrons. The van der Waals surface area contributed by atoms with E-state index in [0.29, 0.717) is 5.57 Å². The number of hydrogen-bond donors (Lipinski definition) is 0. The Balaban J connectivity index is 0. The molecule has 0 fully saturated rings. The highest BCUT2D eigenvalue weighted by Gasteiger charge is 2.10. The summed E-state index contributed by atoms with van der Waals surface area (Å²) in [5.41, 5.74) is 1.54. The van der Waals surface area contributed by atoms with Crippen molar-refractivity contribution in [1.29, 1.82) is 0 Å². The molecule has 3 heteroatoms. The zero-order valence-electron chi connectivity index (χ0n) is 13.1. The summed E-state index contributed by atoms with van der Waals surface area (Å²) in [5, 5.41) is 0.238. The lowest BCUT2D eigenvalue weighted by atomic mass is 10.1. The zero-order valence-corrected chi connectivity index (χ0v) is 14.2. The lowest BCUT2D eigenvalue weighted by Crippen LogP contribution is -1.92. The van der Waals surface area contributed by atoms with Crippen LogP contribution in [0.3, 0.4) is 0 Å². The second-order valence-electron chi connectivity index (χ2n) is 4.25. The van der Waals surface area contributed by atoms with Crippen LogP contribution in [0.4, 0.5) is 4.39 Å². The van der Waals surface area contributed by atoms with Gasteiger partial charge in [-0.25, -0.2) is 4.39 Å². The summed E-state index contributed by atoms with van der Waals surface area (Å²) in [5.74, 6) is -0.261. The van der Waals surface area contributed by atoms with Gasteiger partial charge in [0.1, 0.15) is 11.6 Å². The highest BCUT2D eigenvalue weighted by atomic mass is 31.0. The Kier molecular flexibility index (Phi) is 11.9. The number of allylic oxidation sites excluding steroid dienone is 7. The third-order valence-electron chi connectivity index (χ3n) is 2.00. The van der Waals surface area contributed by atoms with Gasteiger partial charge in [0.2, 0.25) is 0 Å². The van der Waals surface area contributed by atoms with E-state index in [1.54, 1.807) is 12.2 Å². The van der Waals surface area contributed by atoms with Crippen LogP contribution in [-0.2, 0) is 4.74 Å². The molecule has 0 aliphatic heterocycles. The van der Waals surface area contributed by atoms with E-state index in [2.05, 4.69) is 49.4 Å². The maximum absolute atomic E-state index is 13.9. The first-order valence-electron chi connectivity index (χ1n) is 6.33. The van der Waals surface area contributed by atoms with Crippen LogP contribution < -0.4 is 0 Å². The molecule has 0 saturated heterocycles. The molecular formula is C17H26FOP. The Morgan fingerprint density at radius 3 is 1.95 bits per heavy atom. The van der Waals surface area contributed by atoms with Gasteiger partial charge >= 0.3 is 0 Å². The first kappa shape index (κ1) is 20.9. The van der Waals surface area contributed by atoms with Gasteiger partial charge < -0.3 is 4.74 Å². The molecule has 1 nitrogen and oxygen atoms in total. The predicted molar refractivity (Wildman–Crippen MR) is 92.2 cm³/mol. The van der Waals surface area contributed by atoms with Crippen LogP contribution in [0, 0.1) is 0 Å². The number of halogens is 1. The summed E-state index contributed by atoms with van der Waals surface area (Å²) in [6.45, 7) is 20.7. The van der Waals surface area contributed by atoms with E-state index >= 15 is 0 Å². The van der Waals surface area contributed by atoms with Crippen molar-refractivity contribution >= 4 is 9.24 Å². The highest BCUT2D eigenvalue weighted by molar-refractivity contribution is 7.23. The zero-order chi connectivity index (χ0) is 16.3. The molecule has 0 aliphatic carbocycles. The molecule has 0 N–H and O–H groups in total. The van der Waals surface area contributed by atoms with Crippen LogP contribution >= 0.6 is 9.24 Å². The number of ether oxygens (including phenoxy) is 1. The second-order valence-corrected chi connectivity index (χ2v) is 4.82. The van der Waals surface area contributed by atoms with Crippen molar-refractivity contribution in [3.05, 3.63) is 72.1 Å². The van der Waals surface area contributed by atoms with E-state index in [9.17, 15) is 4.39 Å². The summed E-state index contributed by atoms with van der Waals surface area (Å²) in [4.78, 5) is 0. The number of hydrogen-bond acceptors (Lipinski definition) is 1. The fraction of sp³-hybridized carbons (Fsp3) is 0.294. The van der Waals surface area contributed by atoms with Gasteiger partial charge in [-0.3, -0.25) is 0 Å². The van der Waals surface area contributed by atoms with E-state index in [4.69, 9.17) is 4.74 Å². The average molecular weight is 296 g/mol. The Labute approximate surface area is 125 Å². The standard InChI is InChI=1S/C14H18FOP.C3H8/c1-9(2)7-8-10(3)11(4)13(15)14(17)12(5)16-6;1-3-2/h7-8H,1,3-5,17H2,2,6H3;3H2,1-2H3/b8-7-,14-13-;. The molecule has 0 bridgehead atoms. The molecule has 0 aliphatic rings. The maximum atomic E-state index is 13.9. The van der Waals surface area contributed by atoms with Crippen LogP contribution in [0.5, 0.6) is 0 Å². The fourth-order valence-electron chi connectivity index (χ4n) is 0.879. The van der Waals surface area contributed by atoms with Gasteiger partial charge in [0.15, 0.2) is 0 Å². The summed E-state index contributed by atoms with van der Waals surface area (Å²) >= 11 is 0. The average Bonchev–Trinajstić information content (AvgIpc) is 2.42. The molecule has 0 rings (SSSR count). The van der Waals surface area contributed by atoms with Crippen molar-refractivity contribution in [2.75, 3.05) is 7.11 Å². The summed E-state index contributed by atoms with van der Waals surface area (Å²) in [6.07, 6.45) is 4.66. The van der Waals surface area contributed by atoms with Crippen molar-refractivity contribution < 1.29 is 9.13 Å². The summed E-state index contributed by atoms with van der Waals surface area (Å²) in [6, 6.07) is 0. The van der Waals surface area contributed by atoms with Gasteiger partial charge in [0.05, 0.1) is 7.11 Å². The largest absolute Gasteiger partial charge is 0.497 e. The fourth-order valence-corrected chi connectivity index (χ4v) is 1.17. The Morgan fingerprint density at radius 2 is 1.60 bits per heavy atom. The molecule has 0 saturated carbocycles. The van der Waals surface area contributed by atoms with Gasteiger partial charge in [-0.05, 0) is 12.5 Å². The quantitative estimate of drug-likeness (QED) is 0.339. The first-order chi connectivity index (χ1) is 9.22. The molecular weight excluding hydrogens is 270 g/mol. The van der Waals surface area contributed by atoms with Gasteiger partial charge in [-0.2, -0.15) is 0 Å². The smallest absolute Gasteiger partial charge is 0.141 e. The number of rotatable bonds is 6. The second kappa shape index (κ2) is 11.4. The molecule has 0 aromatic rings. The van der Waals surface area contributed by atoms with Crippen molar-refractivity contribution in [2.24, 2.45) is 0 Å². The molecule has 0 aromatic heterocycles. The number of methoxy groups -OCH3 is 1. The van der Waals surface area contributed by atoms with Crippen molar-refractivity contribution in [3.63, 3.8) is 0 Å². The maximum Gasteiger partial charge on any atom is 0.141 e. The van der Waals surface area contributed by atoms with Gasteiger partial charge in [0.25, 0.3) is 0 Å². The minimum Gasteiger partial charge on any atom is -0.497 e.